The highest BCUT2D eigenvalue weighted by Gasteiger charge is 2.18. The predicted octanol–water partition coefficient (Wildman–Crippen LogP) is 3.77. The summed E-state index contributed by atoms with van der Waals surface area (Å²) in [5, 5.41) is 3.93. The van der Waals surface area contributed by atoms with Gasteiger partial charge in [0, 0.05) is 0 Å². The maximum Gasteiger partial charge on any atom is 0.343 e. The molecule has 182 valence electrons. The van der Waals surface area contributed by atoms with E-state index in [2.05, 4.69) is 10.5 Å². The molecule has 0 radical (unpaired) electrons. The fraction of sp³-hybridized carbons (Fsp3) is 0.192. The number of hydrogen-bond donors (Lipinski definition) is 1. The Kier molecular flexibility index (Phi) is 8.66. The van der Waals surface area contributed by atoms with Gasteiger partial charge in [0.1, 0.15) is 11.5 Å². The maximum atomic E-state index is 12.7. The molecule has 0 atom stereocenters. The van der Waals surface area contributed by atoms with Crippen LogP contribution in [0.15, 0.2) is 65.8 Å². The minimum Gasteiger partial charge on any atom is -0.493 e. The lowest BCUT2D eigenvalue weighted by atomic mass is 10.1. The fourth-order valence-electron chi connectivity index (χ4n) is 3.10. The Bertz CT molecular complexity index is 1200. The Balaban J connectivity index is 1.61. The molecule has 0 aliphatic rings. The van der Waals surface area contributed by atoms with E-state index < -0.39 is 11.9 Å². The zero-order valence-corrected chi connectivity index (χ0v) is 19.9. The van der Waals surface area contributed by atoms with Crippen LogP contribution in [-0.2, 0) is 4.79 Å². The minimum absolute atomic E-state index is 0.172. The Hall–Kier alpha value is -4.53. The zero-order chi connectivity index (χ0) is 25.2. The van der Waals surface area contributed by atoms with Gasteiger partial charge >= 0.3 is 5.97 Å². The summed E-state index contributed by atoms with van der Waals surface area (Å²) in [5.41, 5.74) is 4.17. The molecule has 0 aromatic heterocycles. The minimum atomic E-state index is -0.611. The summed E-state index contributed by atoms with van der Waals surface area (Å²) < 4.78 is 26.8. The molecule has 3 rings (SSSR count). The van der Waals surface area contributed by atoms with Crippen molar-refractivity contribution in [1.82, 2.24) is 5.43 Å². The molecule has 0 unspecified atom stereocenters. The number of methoxy groups -OCH3 is 3. The van der Waals surface area contributed by atoms with Crippen LogP contribution in [0.25, 0.3) is 0 Å². The van der Waals surface area contributed by atoms with Gasteiger partial charge in [0.25, 0.3) is 5.91 Å². The van der Waals surface area contributed by atoms with Gasteiger partial charge < -0.3 is 23.7 Å². The highest BCUT2D eigenvalue weighted by Crippen LogP contribution is 2.38. The van der Waals surface area contributed by atoms with Crippen LogP contribution in [0.4, 0.5) is 0 Å². The molecule has 3 aromatic rings. The molecule has 0 saturated carbocycles. The molecule has 0 aliphatic carbocycles. The van der Waals surface area contributed by atoms with Gasteiger partial charge in [-0.25, -0.2) is 10.2 Å². The van der Waals surface area contributed by atoms with Gasteiger partial charge in [-0.1, -0.05) is 30.3 Å². The summed E-state index contributed by atoms with van der Waals surface area (Å²) in [7, 11) is 4.40. The molecular formula is C26H26N2O7. The number of esters is 1. The largest absolute Gasteiger partial charge is 0.493 e. The third-order valence-corrected chi connectivity index (χ3v) is 4.82. The predicted molar refractivity (Wildman–Crippen MR) is 130 cm³/mol. The van der Waals surface area contributed by atoms with Crippen molar-refractivity contribution in [1.29, 1.82) is 0 Å². The highest BCUT2D eigenvalue weighted by molar-refractivity contribution is 5.93. The molecule has 0 heterocycles. The molecule has 35 heavy (non-hydrogen) atoms. The Morgan fingerprint density at radius 3 is 2.26 bits per heavy atom. The van der Waals surface area contributed by atoms with E-state index in [9.17, 15) is 9.59 Å². The summed E-state index contributed by atoms with van der Waals surface area (Å²) in [4.78, 5) is 24.7. The molecule has 1 amide bonds. The Morgan fingerprint density at radius 2 is 1.60 bits per heavy atom. The van der Waals surface area contributed by atoms with Crippen molar-refractivity contribution >= 4 is 18.1 Å². The molecule has 0 saturated heterocycles. The van der Waals surface area contributed by atoms with Crippen LogP contribution in [0.3, 0.4) is 0 Å². The van der Waals surface area contributed by atoms with Crippen LogP contribution < -0.4 is 29.1 Å². The van der Waals surface area contributed by atoms with E-state index in [4.69, 9.17) is 23.7 Å². The van der Waals surface area contributed by atoms with Gasteiger partial charge in [-0.15, -0.1) is 0 Å². The fourth-order valence-corrected chi connectivity index (χ4v) is 3.10. The summed E-state index contributed by atoms with van der Waals surface area (Å²) in [6, 6.07) is 17.1. The molecule has 9 heteroatoms. The summed E-state index contributed by atoms with van der Waals surface area (Å²) in [6.07, 6.45) is 1.43. The average molecular weight is 479 g/mol. The van der Waals surface area contributed by atoms with E-state index in [1.54, 1.807) is 30.3 Å². The standard InChI is InChI=1S/C26H26N2O7/c1-17-8-5-6-11-21(17)34-16-24(29)28-27-15-18-9-7-10-20(12-18)35-26(30)19-13-22(31-2)25(33-4)23(14-19)32-3/h5-15H,16H2,1-4H3,(H,28,29)/b27-15+. The number of rotatable bonds is 10. The van der Waals surface area contributed by atoms with Gasteiger partial charge in [-0.05, 0) is 48.4 Å². The third kappa shape index (κ3) is 6.73. The SMILES string of the molecule is COc1cc(C(=O)Oc2cccc(/C=N/NC(=O)COc3ccccc3C)c2)cc(OC)c1OC. The first-order valence-corrected chi connectivity index (χ1v) is 10.6. The van der Waals surface area contributed by atoms with Crippen molar-refractivity contribution < 1.29 is 33.3 Å². The van der Waals surface area contributed by atoms with E-state index >= 15 is 0 Å². The van der Waals surface area contributed by atoms with Crippen LogP contribution in [0.1, 0.15) is 21.5 Å². The lowest BCUT2D eigenvalue weighted by Crippen LogP contribution is -2.24. The maximum absolute atomic E-state index is 12.7. The van der Waals surface area contributed by atoms with E-state index in [1.165, 1.54) is 39.7 Å². The van der Waals surface area contributed by atoms with Crippen molar-refractivity contribution in [3.63, 3.8) is 0 Å². The monoisotopic (exact) mass is 478 g/mol. The number of nitrogens with one attached hydrogen (secondary N) is 1. The number of hydrogen-bond acceptors (Lipinski definition) is 8. The van der Waals surface area contributed by atoms with E-state index in [-0.39, 0.29) is 12.2 Å². The van der Waals surface area contributed by atoms with Crippen LogP contribution in [-0.4, -0.2) is 46.0 Å². The normalized spacial score (nSPS) is 10.5. The van der Waals surface area contributed by atoms with Crippen molar-refractivity contribution in [3.8, 4) is 28.7 Å². The van der Waals surface area contributed by atoms with E-state index in [0.717, 1.165) is 5.56 Å². The van der Waals surface area contributed by atoms with Crippen molar-refractivity contribution in [3.05, 3.63) is 77.4 Å². The third-order valence-electron chi connectivity index (χ3n) is 4.82. The molecule has 1 N–H and O–H groups in total. The quantitative estimate of drug-likeness (QED) is 0.205. The summed E-state index contributed by atoms with van der Waals surface area (Å²) in [5.74, 6) is 0.949. The van der Waals surface area contributed by atoms with E-state index in [0.29, 0.717) is 34.3 Å². The number of nitrogens with zero attached hydrogens (tertiary/aromatic N) is 1. The molecule has 0 fully saturated rings. The first-order valence-electron chi connectivity index (χ1n) is 10.6. The highest BCUT2D eigenvalue weighted by atomic mass is 16.5. The molecule has 3 aromatic carbocycles. The van der Waals surface area contributed by atoms with Gasteiger partial charge in [0.15, 0.2) is 18.1 Å². The molecule has 9 nitrogen and oxygen atoms in total. The number of carbonyl (C=O) groups is 2. The average Bonchev–Trinajstić information content (AvgIpc) is 2.87. The number of aryl methyl sites for hydroxylation is 1. The number of para-hydroxylation sites is 1. The first-order chi connectivity index (χ1) is 16.9. The smallest absolute Gasteiger partial charge is 0.343 e. The van der Waals surface area contributed by atoms with Crippen LogP contribution >= 0.6 is 0 Å². The first kappa shape index (κ1) is 25.1. The summed E-state index contributed by atoms with van der Waals surface area (Å²) >= 11 is 0. The van der Waals surface area contributed by atoms with Gasteiger partial charge in [-0.2, -0.15) is 5.10 Å². The second kappa shape index (κ2) is 12.1. The van der Waals surface area contributed by atoms with Gasteiger partial charge in [0.05, 0.1) is 33.1 Å². The number of amides is 1. The zero-order valence-electron chi connectivity index (χ0n) is 19.9. The molecule has 0 aliphatic heterocycles. The second-order valence-corrected chi connectivity index (χ2v) is 7.22. The number of hydrazone groups is 1. The lowest BCUT2D eigenvalue weighted by Gasteiger charge is -2.13. The Labute approximate surface area is 203 Å². The molecule has 0 spiro atoms. The van der Waals surface area contributed by atoms with Crippen LogP contribution in [0, 0.1) is 6.92 Å². The topological polar surface area (TPSA) is 105 Å². The molecular weight excluding hydrogens is 452 g/mol. The Morgan fingerprint density at radius 1 is 0.886 bits per heavy atom. The number of ether oxygens (including phenoxy) is 5. The number of benzene rings is 3. The summed E-state index contributed by atoms with van der Waals surface area (Å²) in [6.45, 7) is 1.72. The van der Waals surface area contributed by atoms with Crippen molar-refractivity contribution in [2.75, 3.05) is 27.9 Å². The molecule has 0 bridgehead atoms. The van der Waals surface area contributed by atoms with Crippen molar-refractivity contribution in [2.24, 2.45) is 5.10 Å². The number of carbonyl (C=O) groups excluding carboxylic acids is 2. The van der Waals surface area contributed by atoms with Crippen LogP contribution in [0.2, 0.25) is 0 Å². The second-order valence-electron chi connectivity index (χ2n) is 7.22. The van der Waals surface area contributed by atoms with Crippen molar-refractivity contribution in [2.45, 2.75) is 6.92 Å². The van der Waals surface area contributed by atoms with E-state index in [1.807, 2.05) is 25.1 Å². The van der Waals surface area contributed by atoms with Gasteiger partial charge in [0.2, 0.25) is 5.75 Å². The van der Waals surface area contributed by atoms with Gasteiger partial charge in [-0.3, -0.25) is 4.79 Å². The van der Waals surface area contributed by atoms with Crippen LogP contribution in [0.5, 0.6) is 28.7 Å². The lowest BCUT2D eigenvalue weighted by molar-refractivity contribution is -0.123.